The fraction of sp³-hybridized carbons (Fsp3) is 0.550. The van der Waals surface area contributed by atoms with E-state index in [-0.39, 0.29) is 12.5 Å². The molecular formula is C20H26N2O3. The van der Waals surface area contributed by atoms with Gasteiger partial charge in [-0.15, -0.1) is 0 Å². The van der Waals surface area contributed by atoms with Gasteiger partial charge in [-0.1, -0.05) is 0 Å². The number of hydrogen-bond donors (Lipinski definition) is 2. The highest BCUT2D eigenvalue weighted by Gasteiger charge is 2.18. The highest BCUT2D eigenvalue weighted by atomic mass is 16.5. The molecule has 1 aromatic heterocycles. The van der Waals surface area contributed by atoms with Crippen LogP contribution in [0, 0.1) is 5.92 Å². The van der Waals surface area contributed by atoms with E-state index >= 15 is 0 Å². The second-order valence-electron chi connectivity index (χ2n) is 7.17. The summed E-state index contributed by atoms with van der Waals surface area (Å²) in [6, 6.07) is 5.85. The van der Waals surface area contributed by atoms with Gasteiger partial charge in [-0.25, -0.2) is 0 Å². The Bertz CT molecular complexity index is 747. The lowest BCUT2D eigenvalue weighted by molar-refractivity contribution is -0.123. The number of piperidine rings is 1. The number of fused-ring (bicyclic) bond motifs is 3. The molecule has 1 atom stereocenters. The molecule has 1 saturated heterocycles. The minimum Gasteiger partial charge on any atom is -0.484 e. The normalized spacial score (nSPS) is 20.2. The average Bonchev–Trinajstić information content (AvgIpc) is 3.03. The van der Waals surface area contributed by atoms with E-state index in [0.717, 1.165) is 55.0 Å². The first kappa shape index (κ1) is 16.5. The van der Waals surface area contributed by atoms with Gasteiger partial charge in [0.1, 0.15) is 17.1 Å². The number of nitrogens with one attached hydrogen (secondary N) is 2. The van der Waals surface area contributed by atoms with Crippen molar-refractivity contribution in [2.75, 3.05) is 26.2 Å². The zero-order chi connectivity index (χ0) is 17.1. The maximum atomic E-state index is 12.0. The highest BCUT2D eigenvalue weighted by Crippen LogP contribution is 2.33. The number of hydrogen-bond acceptors (Lipinski definition) is 4. The van der Waals surface area contributed by atoms with Crippen LogP contribution in [0.25, 0.3) is 11.0 Å². The maximum Gasteiger partial charge on any atom is 0.257 e. The molecule has 0 bridgehead atoms. The average molecular weight is 342 g/mol. The van der Waals surface area contributed by atoms with E-state index in [4.69, 9.17) is 9.15 Å². The Morgan fingerprint density at radius 3 is 3.08 bits per heavy atom. The smallest absolute Gasteiger partial charge is 0.257 e. The van der Waals surface area contributed by atoms with Gasteiger partial charge in [0.25, 0.3) is 5.91 Å². The highest BCUT2D eigenvalue weighted by molar-refractivity contribution is 5.84. The van der Waals surface area contributed by atoms with E-state index in [9.17, 15) is 4.79 Å². The molecule has 1 aliphatic carbocycles. The van der Waals surface area contributed by atoms with E-state index in [1.54, 1.807) is 0 Å². The molecule has 2 N–H and O–H groups in total. The number of carbonyl (C=O) groups excluding carboxylic acids is 1. The fourth-order valence-corrected chi connectivity index (χ4v) is 3.89. The summed E-state index contributed by atoms with van der Waals surface area (Å²) < 4.78 is 11.6. The SMILES string of the molecule is O=C(COc1ccc2oc3c(c2c1)CCCC3)NC[C@@H]1CCCNC1. The third kappa shape index (κ3) is 3.82. The molecule has 5 heteroatoms. The van der Waals surface area contributed by atoms with Crippen molar-refractivity contribution in [3.05, 3.63) is 29.5 Å². The van der Waals surface area contributed by atoms with Crippen LogP contribution in [0.15, 0.2) is 22.6 Å². The number of furan rings is 1. The third-order valence-corrected chi connectivity index (χ3v) is 5.28. The quantitative estimate of drug-likeness (QED) is 0.877. The molecule has 0 radical (unpaired) electrons. The van der Waals surface area contributed by atoms with Gasteiger partial charge in [0.15, 0.2) is 6.61 Å². The Kier molecular flexibility index (Phi) is 4.92. The molecule has 134 valence electrons. The van der Waals surface area contributed by atoms with Crippen LogP contribution < -0.4 is 15.4 Å². The van der Waals surface area contributed by atoms with Gasteiger partial charge < -0.3 is 19.8 Å². The minimum absolute atomic E-state index is 0.0557. The predicted molar refractivity (Wildman–Crippen MR) is 97.0 cm³/mol. The third-order valence-electron chi connectivity index (χ3n) is 5.28. The molecular weight excluding hydrogens is 316 g/mol. The molecule has 5 nitrogen and oxygen atoms in total. The van der Waals surface area contributed by atoms with Gasteiger partial charge in [-0.05, 0) is 69.3 Å². The Balaban J connectivity index is 1.33. The fourth-order valence-electron chi connectivity index (χ4n) is 3.89. The van der Waals surface area contributed by atoms with Crippen molar-refractivity contribution in [3.8, 4) is 5.75 Å². The second-order valence-corrected chi connectivity index (χ2v) is 7.17. The van der Waals surface area contributed by atoms with Gasteiger partial charge in [0, 0.05) is 23.9 Å². The zero-order valence-corrected chi connectivity index (χ0v) is 14.6. The van der Waals surface area contributed by atoms with Crippen molar-refractivity contribution in [2.45, 2.75) is 38.5 Å². The van der Waals surface area contributed by atoms with Gasteiger partial charge in [0.2, 0.25) is 0 Å². The van der Waals surface area contributed by atoms with Crippen LogP contribution in [-0.4, -0.2) is 32.1 Å². The number of carbonyl (C=O) groups is 1. The first-order valence-corrected chi connectivity index (χ1v) is 9.44. The lowest BCUT2D eigenvalue weighted by atomic mass is 9.96. The lowest BCUT2D eigenvalue weighted by Crippen LogP contribution is -2.39. The van der Waals surface area contributed by atoms with E-state index in [0.29, 0.717) is 5.92 Å². The van der Waals surface area contributed by atoms with Crippen molar-refractivity contribution >= 4 is 16.9 Å². The first-order chi connectivity index (χ1) is 12.3. The molecule has 2 heterocycles. The summed E-state index contributed by atoms with van der Waals surface area (Å²) in [6.45, 7) is 2.87. The number of benzene rings is 1. The van der Waals surface area contributed by atoms with Crippen LogP contribution in [0.4, 0.5) is 0 Å². The number of rotatable bonds is 5. The Hall–Kier alpha value is -2.01. The molecule has 0 unspecified atom stereocenters. The van der Waals surface area contributed by atoms with Gasteiger partial charge in [-0.2, -0.15) is 0 Å². The van der Waals surface area contributed by atoms with Crippen molar-refractivity contribution < 1.29 is 13.9 Å². The molecule has 4 rings (SSSR count). The summed E-state index contributed by atoms with van der Waals surface area (Å²) in [5.41, 5.74) is 2.24. The second kappa shape index (κ2) is 7.48. The summed E-state index contributed by atoms with van der Waals surface area (Å²) in [5, 5.41) is 7.49. The Labute approximate surface area is 148 Å². The van der Waals surface area contributed by atoms with Crippen molar-refractivity contribution in [1.29, 1.82) is 0 Å². The van der Waals surface area contributed by atoms with Crippen LogP contribution in [0.2, 0.25) is 0 Å². The molecule has 1 fully saturated rings. The molecule has 25 heavy (non-hydrogen) atoms. The van der Waals surface area contributed by atoms with E-state index in [1.165, 1.54) is 31.2 Å². The van der Waals surface area contributed by atoms with E-state index < -0.39 is 0 Å². The van der Waals surface area contributed by atoms with Crippen LogP contribution >= 0.6 is 0 Å². The molecule has 2 aromatic rings. The van der Waals surface area contributed by atoms with Gasteiger partial charge in [0.05, 0.1) is 0 Å². The van der Waals surface area contributed by atoms with Crippen molar-refractivity contribution in [3.63, 3.8) is 0 Å². The predicted octanol–water partition coefficient (Wildman–Crippen LogP) is 2.81. The van der Waals surface area contributed by atoms with Crippen molar-refractivity contribution in [1.82, 2.24) is 10.6 Å². The summed E-state index contributed by atoms with van der Waals surface area (Å²) >= 11 is 0. The molecule has 0 spiro atoms. The lowest BCUT2D eigenvalue weighted by Gasteiger charge is -2.22. The van der Waals surface area contributed by atoms with E-state index in [2.05, 4.69) is 10.6 Å². The van der Waals surface area contributed by atoms with Crippen molar-refractivity contribution in [2.24, 2.45) is 5.92 Å². The molecule has 1 aliphatic heterocycles. The van der Waals surface area contributed by atoms with Gasteiger partial charge >= 0.3 is 0 Å². The van der Waals surface area contributed by atoms with Gasteiger partial charge in [-0.3, -0.25) is 4.79 Å². The minimum atomic E-state index is -0.0557. The topological polar surface area (TPSA) is 63.5 Å². The molecule has 2 aliphatic rings. The Morgan fingerprint density at radius 2 is 2.20 bits per heavy atom. The van der Waals surface area contributed by atoms with Crippen LogP contribution in [0.1, 0.15) is 37.0 Å². The number of amides is 1. The standard InChI is InChI=1S/C20H26N2O3/c23-20(22-12-14-4-3-9-21-11-14)13-24-15-7-8-19-17(10-15)16-5-1-2-6-18(16)25-19/h7-8,10,14,21H,1-6,9,11-13H2,(H,22,23)/t14-/m1/s1. The summed E-state index contributed by atoms with van der Waals surface area (Å²) in [5.74, 6) is 2.33. The van der Waals surface area contributed by atoms with Crippen LogP contribution in [0.5, 0.6) is 5.75 Å². The molecule has 1 amide bonds. The molecule has 1 aromatic carbocycles. The first-order valence-electron chi connectivity index (χ1n) is 9.44. The number of aryl methyl sites for hydroxylation is 2. The summed E-state index contributed by atoms with van der Waals surface area (Å²) in [7, 11) is 0. The number of ether oxygens (including phenoxy) is 1. The summed E-state index contributed by atoms with van der Waals surface area (Å²) in [4.78, 5) is 12.0. The largest absolute Gasteiger partial charge is 0.484 e. The Morgan fingerprint density at radius 1 is 1.28 bits per heavy atom. The summed E-state index contributed by atoms with van der Waals surface area (Å²) in [6.07, 6.45) is 6.88. The monoisotopic (exact) mass is 342 g/mol. The van der Waals surface area contributed by atoms with E-state index in [1.807, 2.05) is 18.2 Å². The molecule has 0 saturated carbocycles. The van der Waals surface area contributed by atoms with Crippen LogP contribution in [-0.2, 0) is 17.6 Å². The zero-order valence-electron chi connectivity index (χ0n) is 14.6. The maximum absolute atomic E-state index is 12.0. The van der Waals surface area contributed by atoms with Crippen LogP contribution in [0.3, 0.4) is 0 Å².